The zero-order chi connectivity index (χ0) is 16.4. The molecule has 1 aliphatic heterocycles. The van der Waals surface area contributed by atoms with Crippen LogP contribution in [0.3, 0.4) is 0 Å². The maximum atomic E-state index is 13.0. The third-order valence-corrected chi connectivity index (χ3v) is 4.46. The van der Waals surface area contributed by atoms with Gasteiger partial charge in [-0.1, -0.05) is 25.8 Å². The lowest BCUT2D eigenvalue weighted by atomic mass is 10.0. The highest BCUT2D eigenvalue weighted by atomic mass is 16.2. The highest BCUT2D eigenvalue weighted by Gasteiger charge is 2.36. The topological polar surface area (TPSA) is 57.9 Å². The number of carbonyl (C=O) groups is 2. The van der Waals surface area contributed by atoms with Gasteiger partial charge in [-0.05, 0) is 18.6 Å². The molecule has 0 bridgehead atoms. The zero-order valence-electron chi connectivity index (χ0n) is 13.6. The van der Waals surface area contributed by atoms with Gasteiger partial charge in [-0.3, -0.25) is 9.59 Å². The monoisotopic (exact) mass is 314 g/mol. The molecule has 0 radical (unpaired) electrons. The fraction of sp³-hybridized carbons (Fsp3) is 0.471. The van der Waals surface area contributed by atoms with E-state index in [4.69, 9.17) is 0 Å². The van der Waals surface area contributed by atoms with Crippen LogP contribution in [-0.4, -0.2) is 57.4 Å². The summed E-state index contributed by atoms with van der Waals surface area (Å²) in [4.78, 5) is 28.9. The molecule has 6 nitrogen and oxygen atoms in total. The summed E-state index contributed by atoms with van der Waals surface area (Å²) in [7, 11) is 1.80. The van der Waals surface area contributed by atoms with E-state index in [-0.39, 0.29) is 17.9 Å². The van der Waals surface area contributed by atoms with Crippen molar-refractivity contribution < 1.29 is 9.59 Å². The summed E-state index contributed by atoms with van der Waals surface area (Å²) >= 11 is 0. The van der Waals surface area contributed by atoms with Gasteiger partial charge in [0, 0.05) is 26.3 Å². The molecule has 2 aromatic heterocycles. The summed E-state index contributed by atoms with van der Waals surface area (Å²) in [6.07, 6.45) is 6.06. The highest BCUT2D eigenvalue weighted by Crippen LogP contribution is 2.21. The number of nitrogens with zero attached hydrogens (tertiary/aromatic N) is 4. The van der Waals surface area contributed by atoms with Crippen molar-refractivity contribution in [2.24, 2.45) is 0 Å². The largest absolute Gasteiger partial charge is 0.342 e. The first-order chi connectivity index (χ1) is 11.1. The molecule has 0 spiro atoms. The first-order valence-corrected chi connectivity index (χ1v) is 8.11. The van der Waals surface area contributed by atoms with E-state index in [0.717, 1.165) is 18.4 Å². The first kappa shape index (κ1) is 15.5. The predicted molar refractivity (Wildman–Crippen MR) is 87.2 cm³/mol. The number of aromatic nitrogens is 2. The van der Waals surface area contributed by atoms with E-state index in [1.807, 2.05) is 24.4 Å². The molecule has 23 heavy (non-hydrogen) atoms. The summed E-state index contributed by atoms with van der Waals surface area (Å²) < 4.78 is 1.69. The van der Waals surface area contributed by atoms with Crippen molar-refractivity contribution in [1.29, 1.82) is 0 Å². The molecule has 0 unspecified atom stereocenters. The first-order valence-electron chi connectivity index (χ1n) is 8.11. The van der Waals surface area contributed by atoms with Gasteiger partial charge in [0.05, 0.1) is 17.3 Å². The Balaban J connectivity index is 1.91. The quantitative estimate of drug-likeness (QED) is 0.865. The number of pyridine rings is 1. The molecule has 0 saturated carbocycles. The van der Waals surface area contributed by atoms with Crippen LogP contribution in [0.15, 0.2) is 30.6 Å². The van der Waals surface area contributed by atoms with Gasteiger partial charge >= 0.3 is 0 Å². The van der Waals surface area contributed by atoms with Gasteiger partial charge in [0.15, 0.2) is 0 Å². The second-order valence-electron chi connectivity index (χ2n) is 6.01. The Hall–Kier alpha value is -2.37. The smallest absolute Gasteiger partial charge is 0.258 e. The molecule has 2 amide bonds. The summed E-state index contributed by atoms with van der Waals surface area (Å²) in [6.45, 7) is 3.24. The number of fused-ring (bicyclic) bond motifs is 1. The number of rotatable bonds is 4. The molecule has 6 heteroatoms. The number of piperazine rings is 1. The molecule has 1 saturated heterocycles. The molecule has 2 aromatic rings. The maximum Gasteiger partial charge on any atom is 0.258 e. The maximum absolute atomic E-state index is 13.0. The van der Waals surface area contributed by atoms with Crippen LogP contribution in [0.25, 0.3) is 5.52 Å². The predicted octanol–water partition coefficient (Wildman–Crippen LogP) is 1.81. The minimum absolute atomic E-state index is 0.0366. The number of amides is 2. The summed E-state index contributed by atoms with van der Waals surface area (Å²) in [6, 6.07) is 5.27. The van der Waals surface area contributed by atoms with Crippen LogP contribution >= 0.6 is 0 Å². The van der Waals surface area contributed by atoms with E-state index < -0.39 is 0 Å². The van der Waals surface area contributed by atoms with Crippen molar-refractivity contribution in [3.63, 3.8) is 0 Å². The van der Waals surface area contributed by atoms with Gasteiger partial charge < -0.3 is 9.80 Å². The van der Waals surface area contributed by atoms with Crippen molar-refractivity contribution in [1.82, 2.24) is 19.4 Å². The fourth-order valence-corrected chi connectivity index (χ4v) is 3.09. The van der Waals surface area contributed by atoms with Crippen molar-refractivity contribution in [2.75, 3.05) is 20.1 Å². The van der Waals surface area contributed by atoms with E-state index in [2.05, 4.69) is 12.0 Å². The van der Waals surface area contributed by atoms with Crippen LogP contribution in [-0.2, 0) is 4.79 Å². The molecule has 3 rings (SSSR count). The molecule has 0 aromatic carbocycles. The van der Waals surface area contributed by atoms with Crippen molar-refractivity contribution in [3.8, 4) is 0 Å². The normalized spacial score (nSPS) is 18.7. The highest BCUT2D eigenvalue weighted by molar-refractivity contribution is 6.03. The Kier molecular flexibility index (Phi) is 4.32. The molecular weight excluding hydrogens is 292 g/mol. The summed E-state index contributed by atoms with van der Waals surface area (Å²) in [5.41, 5.74) is 1.34. The second kappa shape index (κ2) is 6.40. The van der Waals surface area contributed by atoms with Gasteiger partial charge in [-0.25, -0.2) is 4.52 Å². The van der Waals surface area contributed by atoms with E-state index in [0.29, 0.717) is 25.1 Å². The lowest BCUT2D eigenvalue weighted by molar-refractivity contribution is -0.138. The molecule has 122 valence electrons. The Morgan fingerprint density at radius 1 is 1.35 bits per heavy atom. The van der Waals surface area contributed by atoms with Crippen molar-refractivity contribution in [3.05, 3.63) is 36.2 Å². The average molecular weight is 314 g/mol. The van der Waals surface area contributed by atoms with E-state index in [1.165, 1.54) is 0 Å². The van der Waals surface area contributed by atoms with Gasteiger partial charge in [0.1, 0.15) is 6.04 Å². The lowest BCUT2D eigenvalue weighted by Crippen LogP contribution is -2.57. The van der Waals surface area contributed by atoms with Crippen molar-refractivity contribution in [2.45, 2.75) is 32.2 Å². The Morgan fingerprint density at radius 2 is 2.17 bits per heavy atom. The number of unbranched alkanes of at least 4 members (excludes halogenated alkanes) is 1. The third-order valence-electron chi connectivity index (χ3n) is 4.46. The molecule has 1 fully saturated rings. The Labute approximate surface area is 135 Å². The minimum atomic E-state index is -0.361. The molecule has 0 N–H and O–H groups in total. The lowest BCUT2D eigenvalue weighted by Gasteiger charge is -2.39. The van der Waals surface area contributed by atoms with Gasteiger partial charge in [0.25, 0.3) is 5.91 Å². The molecule has 0 aliphatic carbocycles. The SMILES string of the molecule is CCCC[C@@H]1C(=O)N(C)CCN1C(=O)c1cnn2ccccc12. The van der Waals surface area contributed by atoms with Crippen LogP contribution < -0.4 is 0 Å². The van der Waals surface area contributed by atoms with Gasteiger partial charge in [0.2, 0.25) is 5.91 Å². The summed E-state index contributed by atoms with van der Waals surface area (Å²) in [5, 5.41) is 4.23. The van der Waals surface area contributed by atoms with Crippen LogP contribution in [0.5, 0.6) is 0 Å². The molecule has 1 atom stereocenters. The van der Waals surface area contributed by atoms with Gasteiger partial charge in [-0.15, -0.1) is 0 Å². The number of hydrogen-bond acceptors (Lipinski definition) is 3. The van der Waals surface area contributed by atoms with Crippen LogP contribution in [0.4, 0.5) is 0 Å². The van der Waals surface area contributed by atoms with Crippen LogP contribution in [0, 0.1) is 0 Å². The minimum Gasteiger partial charge on any atom is -0.342 e. The molecular formula is C17H22N4O2. The second-order valence-corrected chi connectivity index (χ2v) is 6.01. The standard InChI is InChI=1S/C17H22N4O2/c1-3-4-7-15-17(23)19(2)10-11-20(15)16(22)13-12-18-21-9-6-5-8-14(13)21/h5-6,8-9,12,15H,3-4,7,10-11H2,1-2H3/t15-/m1/s1. The van der Waals surface area contributed by atoms with E-state index in [1.54, 1.807) is 27.6 Å². The molecule has 3 heterocycles. The average Bonchev–Trinajstić information content (AvgIpc) is 2.99. The van der Waals surface area contributed by atoms with E-state index in [9.17, 15) is 9.59 Å². The Morgan fingerprint density at radius 3 is 2.96 bits per heavy atom. The molecule has 1 aliphatic rings. The van der Waals surface area contributed by atoms with Crippen LogP contribution in [0.2, 0.25) is 0 Å². The van der Waals surface area contributed by atoms with Crippen LogP contribution in [0.1, 0.15) is 36.5 Å². The van der Waals surface area contributed by atoms with Gasteiger partial charge in [-0.2, -0.15) is 5.10 Å². The summed E-state index contributed by atoms with van der Waals surface area (Å²) in [5.74, 6) is -0.0664. The third kappa shape index (κ3) is 2.81. The zero-order valence-corrected chi connectivity index (χ0v) is 13.6. The number of likely N-dealkylation sites (N-methyl/N-ethyl adjacent to an activating group) is 1. The fourth-order valence-electron chi connectivity index (χ4n) is 3.09. The Bertz CT molecular complexity index is 724. The number of carbonyl (C=O) groups excluding carboxylic acids is 2. The van der Waals surface area contributed by atoms with E-state index >= 15 is 0 Å². The van der Waals surface area contributed by atoms with Crippen molar-refractivity contribution >= 4 is 17.3 Å². The number of hydrogen-bond donors (Lipinski definition) is 0.